The molecule has 0 N–H and O–H groups in total. The Balaban J connectivity index is 2.01. The van der Waals surface area contributed by atoms with Gasteiger partial charge in [0.15, 0.2) is 11.5 Å². The van der Waals surface area contributed by atoms with E-state index in [1.807, 2.05) is 43.3 Å². The van der Waals surface area contributed by atoms with Gasteiger partial charge in [-0.2, -0.15) is 0 Å². The molecule has 0 amide bonds. The van der Waals surface area contributed by atoms with Crippen molar-refractivity contribution in [3.8, 4) is 11.5 Å². The average Bonchev–Trinajstić information content (AvgIpc) is 2.60. The van der Waals surface area contributed by atoms with Gasteiger partial charge in [-0.3, -0.25) is 0 Å². The topological polar surface area (TPSA) is 44.8 Å². The highest BCUT2D eigenvalue weighted by molar-refractivity contribution is 5.87. The number of rotatable bonds is 6. The fourth-order valence-corrected chi connectivity index (χ4v) is 2.13. The predicted octanol–water partition coefficient (Wildman–Crippen LogP) is 4.02. The van der Waals surface area contributed by atoms with Crippen LogP contribution in [0, 0.1) is 0 Å². The Morgan fingerprint density at radius 1 is 1.00 bits per heavy atom. The number of benzene rings is 2. The van der Waals surface area contributed by atoms with Crippen molar-refractivity contribution in [3.05, 3.63) is 65.7 Å². The summed E-state index contributed by atoms with van der Waals surface area (Å²) in [5, 5.41) is 0. The van der Waals surface area contributed by atoms with Gasteiger partial charge in [-0.15, -0.1) is 0 Å². The van der Waals surface area contributed by atoms with Gasteiger partial charge in [-0.25, -0.2) is 4.79 Å². The summed E-state index contributed by atoms with van der Waals surface area (Å²) >= 11 is 0. The molecule has 0 spiro atoms. The first-order chi connectivity index (χ1) is 11.1. The van der Waals surface area contributed by atoms with E-state index >= 15 is 0 Å². The largest absolute Gasteiger partial charge is 0.493 e. The van der Waals surface area contributed by atoms with Crippen molar-refractivity contribution in [1.29, 1.82) is 0 Å². The summed E-state index contributed by atoms with van der Waals surface area (Å²) in [4.78, 5) is 11.9. The van der Waals surface area contributed by atoms with Crippen LogP contribution in [0.25, 0.3) is 6.08 Å². The van der Waals surface area contributed by atoms with Gasteiger partial charge in [0, 0.05) is 6.08 Å². The van der Waals surface area contributed by atoms with Crippen molar-refractivity contribution in [2.24, 2.45) is 0 Å². The predicted molar refractivity (Wildman–Crippen MR) is 89.5 cm³/mol. The Morgan fingerprint density at radius 2 is 1.70 bits per heavy atom. The van der Waals surface area contributed by atoms with E-state index in [0.29, 0.717) is 11.5 Å². The fraction of sp³-hybridized carbons (Fsp3) is 0.211. The second-order valence-electron chi connectivity index (χ2n) is 4.94. The molecule has 1 atom stereocenters. The Bertz CT molecular complexity index is 677. The zero-order valence-corrected chi connectivity index (χ0v) is 13.5. The Kier molecular flexibility index (Phi) is 5.80. The molecule has 0 saturated carbocycles. The second kappa shape index (κ2) is 8.03. The summed E-state index contributed by atoms with van der Waals surface area (Å²) in [6.07, 6.45) is 2.79. The van der Waals surface area contributed by atoms with Gasteiger partial charge in [-0.05, 0) is 36.3 Å². The zero-order chi connectivity index (χ0) is 16.7. The van der Waals surface area contributed by atoms with Crippen molar-refractivity contribution in [2.45, 2.75) is 13.0 Å². The maximum atomic E-state index is 11.9. The molecule has 4 nitrogen and oxygen atoms in total. The third kappa shape index (κ3) is 4.61. The monoisotopic (exact) mass is 312 g/mol. The molecule has 120 valence electrons. The first kappa shape index (κ1) is 16.6. The highest BCUT2D eigenvalue weighted by atomic mass is 16.5. The van der Waals surface area contributed by atoms with E-state index in [-0.39, 0.29) is 6.10 Å². The highest BCUT2D eigenvalue weighted by Crippen LogP contribution is 2.28. The Morgan fingerprint density at radius 3 is 2.35 bits per heavy atom. The lowest BCUT2D eigenvalue weighted by atomic mass is 10.1. The number of esters is 1. The summed E-state index contributed by atoms with van der Waals surface area (Å²) < 4.78 is 15.8. The average molecular weight is 312 g/mol. The lowest BCUT2D eigenvalue weighted by Crippen LogP contribution is -2.05. The van der Waals surface area contributed by atoms with Crippen molar-refractivity contribution < 1.29 is 19.0 Å². The molecular weight excluding hydrogens is 292 g/mol. The minimum absolute atomic E-state index is 0.293. The van der Waals surface area contributed by atoms with Crippen molar-refractivity contribution in [1.82, 2.24) is 0 Å². The molecule has 0 aliphatic rings. The summed E-state index contributed by atoms with van der Waals surface area (Å²) in [7, 11) is 3.15. The van der Waals surface area contributed by atoms with Crippen LogP contribution in [0.2, 0.25) is 0 Å². The molecular formula is C19H20O4. The van der Waals surface area contributed by atoms with E-state index in [0.717, 1.165) is 11.1 Å². The first-order valence-corrected chi connectivity index (χ1v) is 7.29. The van der Waals surface area contributed by atoms with E-state index in [1.54, 1.807) is 32.4 Å². The second-order valence-corrected chi connectivity index (χ2v) is 4.94. The maximum Gasteiger partial charge on any atom is 0.331 e. The van der Waals surface area contributed by atoms with Crippen molar-refractivity contribution in [3.63, 3.8) is 0 Å². The number of carbonyl (C=O) groups is 1. The molecule has 23 heavy (non-hydrogen) atoms. The molecule has 0 saturated heterocycles. The minimum atomic E-state index is -0.392. The summed E-state index contributed by atoms with van der Waals surface area (Å²) in [5.74, 6) is 0.863. The van der Waals surface area contributed by atoms with Gasteiger partial charge in [0.2, 0.25) is 0 Å². The number of hydrogen-bond acceptors (Lipinski definition) is 4. The molecule has 1 unspecified atom stereocenters. The molecule has 0 heterocycles. The summed E-state index contributed by atoms with van der Waals surface area (Å²) in [6.45, 7) is 1.84. The van der Waals surface area contributed by atoms with Crippen LogP contribution >= 0.6 is 0 Å². The van der Waals surface area contributed by atoms with Crippen LogP contribution in [0.4, 0.5) is 0 Å². The molecule has 2 rings (SSSR count). The third-order valence-electron chi connectivity index (χ3n) is 3.38. The van der Waals surface area contributed by atoms with Gasteiger partial charge >= 0.3 is 5.97 Å². The van der Waals surface area contributed by atoms with Crippen LogP contribution in [-0.2, 0) is 9.53 Å². The van der Waals surface area contributed by atoms with Crippen LogP contribution < -0.4 is 9.47 Å². The Hall–Kier alpha value is -2.75. The molecule has 0 aliphatic carbocycles. The van der Waals surface area contributed by atoms with Crippen LogP contribution in [0.3, 0.4) is 0 Å². The fourth-order valence-electron chi connectivity index (χ4n) is 2.13. The molecule has 0 aromatic heterocycles. The van der Waals surface area contributed by atoms with Gasteiger partial charge in [0.1, 0.15) is 6.10 Å². The van der Waals surface area contributed by atoms with Crippen LogP contribution in [0.1, 0.15) is 24.2 Å². The van der Waals surface area contributed by atoms with E-state index in [9.17, 15) is 4.79 Å². The molecule has 4 heteroatoms. The van der Waals surface area contributed by atoms with Gasteiger partial charge in [-0.1, -0.05) is 36.4 Å². The van der Waals surface area contributed by atoms with Crippen molar-refractivity contribution >= 4 is 12.0 Å². The molecule has 0 fully saturated rings. The summed E-state index contributed by atoms with van der Waals surface area (Å²) in [5.41, 5.74) is 1.78. The smallest absolute Gasteiger partial charge is 0.331 e. The quantitative estimate of drug-likeness (QED) is 0.597. The van der Waals surface area contributed by atoms with E-state index in [1.165, 1.54) is 6.08 Å². The van der Waals surface area contributed by atoms with Gasteiger partial charge < -0.3 is 14.2 Å². The Labute approximate surface area is 136 Å². The molecule has 0 radical (unpaired) electrons. The van der Waals surface area contributed by atoms with Crippen LogP contribution in [0.5, 0.6) is 11.5 Å². The lowest BCUT2D eigenvalue weighted by Gasteiger charge is -2.11. The number of ether oxygens (including phenoxy) is 3. The van der Waals surface area contributed by atoms with Gasteiger partial charge in [0.05, 0.1) is 14.2 Å². The van der Waals surface area contributed by atoms with E-state index in [2.05, 4.69) is 0 Å². The van der Waals surface area contributed by atoms with Crippen LogP contribution in [-0.4, -0.2) is 20.2 Å². The maximum absolute atomic E-state index is 11.9. The molecule has 0 aliphatic heterocycles. The lowest BCUT2D eigenvalue weighted by molar-refractivity contribution is -0.142. The van der Waals surface area contributed by atoms with Crippen LogP contribution in [0.15, 0.2) is 54.6 Å². The number of hydrogen-bond donors (Lipinski definition) is 0. The van der Waals surface area contributed by atoms with E-state index in [4.69, 9.17) is 14.2 Å². The molecule has 2 aromatic carbocycles. The standard InChI is InChI=1S/C19H20O4/c1-14(16-7-5-4-6-8-16)23-19(20)12-10-15-9-11-17(21-2)18(13-15)22-3/h4-14H,1-3H3. The minimum Gasteiger partial charge on any atom is -0.493 e. The van der Waals surface area contributed by atoms with Gasteiger partial charge in [0.25, 0.3) is 0 Å². The number of carbonyl (C=O) groups excluding carboxylic acids is 1. The van der Waals surface area contributed by atoms with Crippen molar-refractivity contribution in [2.75, 3.05) is 14.2 Å². The first-order valence-electron chi connectivity index (χ1n) is 7.29. The summed E-state index contributed by atoms with van der Waals surface area (Å²) in [6, 6.07) is 15.0. The third-order valence-corrected chi connectivity index (χ3v) is 3.38. The highest BCUT2D eigenvalue weighted by Gasteiger charge is 2.09. The SMILES string of the molecule is COc1ccc(C=CC(=O)OC(C)c2ccccc2)cc1OC. The zero-order valence-electron chi connectivity index (χ0n) is 13.5. The number of methoxy groups -OCH3 is 2. The normalized spacial score (nSPS) is 12.0. The molecule has 0 bridgehead atoms. The van der Waals surface area contributed by atoms with E-state index < -0.39 is 5.97 Å². The molecule has 2 aromatic rings.